The minimum absolute atomic E-state index is 0.0228. The predicted molar refractivity (Wildman–Crippen MR) is 263 cm³/mol. The molecule has 0 amide bonds. The lowest BCUT2D eigenvalue weighted by molar-refractivity contribution is 0.315. The fraction of sp³-hybridized carbons (Fsp3) is 0.149. The molecule has 7 rings (SSSR count). The number of azo groups is 4. The number of nitrogens with zero attached hydrogens (tertiary/aromatic N) is 8. The molecule has 23 heteroatoms. The third kappa shape index (κ3) is 12.9. The zero-order chi connectivity index (χ0) is 50.4. The number of anilines is 2. The minimum atomic E-state index is -4.84. The van der Waals surface area contributed by atoms with Gasteiger partial charge in [0, 0.05) is 22.8 Å². The first kappa shape index (κ1) is 50.2. The first-order chi connectivity index (χ1) is 33.1. The summed E-state index contributed by atoms with van der Waals surface area (Å²) < 4.78 is 105. The number of rotatable bonds is 17. The van der Waals surface area contributed by atoms with Crippen LogP contribution >= 0.6 is 0 Å². The molecule has 0 radical (unpaired) electrons. The molecule has 7 aromatic rings. The van der Waals surface area contributed by atoms with E-state index in [1.165, 1.54) is 18.2 Å². The number of nitrogens with one attached hydrogen (secondary N) is 1. The molecule has 0 aliphatic carbocycles. The van der Waals surface area contributed by atoms with Crippen molar-refractivity contribution in [1.29, 1.82) is 0 Å². The normalized spacial score (nSPS) is 12.6. The molecule has 0 aliphatic rings. The third-order valence-corrected chi connectivity index (χ3v) is 12.9. The Morgan fingerprint density at radius 2 is 1.03 bits per heavy atom. The maximum Gasteiger partial charge on any atom is 0.296 e. The molecule has 0 unspecified atom stereocenters. The molecule has 0 atom stereocenters. The van der Waals surface area contributed by atoms with E-state index in [1.54, 1.807) is 87.5 Å². The van der Waals surface area contributed by atoms with E-state index < -0.39 is 57.3 Å². The molecule has 0 spiro atoms. The molecular formula is C47H43N9O11S3. The molecule has 0 aromatic heterocycles. The van der Waals surface area contributed by atoms with E-state index >= 15 is 0 Å². The van der Waals surface area contributed by atoms with E-state index in [1.807, 2.05) is 37.3 Å². The molecule has 20 nitrogen and oxygen atoms in total. The van der Waals surface area contributed by atoms with E-state index in [9.17, 15) is 39.5 Å². The van der Waals surface area contributed by atoms with Crippen molar-refractivity contribution in [3.05, 3.63) is 144 Å². The summed E-state index contributed by atoms with van der Waals surface area (Å²) in [5.41, 5.74) is 6.34. The maximum atomic E-state index is 12.5. The second kappa shape index (κ2) is 20.9. The Balaban J connectivity index is 1.02. The van der Waals surface area contributed by atoms with Gasteiger partial charge in [-0.15, -0.1) is 10.2 Å². The van der Waals surface area contributed by atoms with Gasteiger partial charge in [0.15, 0.2) is 5.75 Å². The highest BCUT2D eigenvalue weighted by atomic mass is 32.2. The highest BCUT2D eigenvalue weighted by molar-refractivity contribution is 7.86. The van der Waals surface area contributed by atoms with E-state index in [0.717, 1.165) is 17.3 Å². The fourth-order valence-electron chi connectivity index (χ4n) is 6.78. The number of fused-ring (bicyclic) bond motifs is 1. The first-order valence-corrected chi connectivity index (χ1v) is 25.4. The van der Waals surface area contributed by atoms with Gasteiger partial charge in [-0.25, -0.2) is 0 Å². The third-order valence-electron chi connectivity index (χ3n) is 10.4. The van der Waals surface area contributed by atoms with Crippen LogP contribution < -0.4 is 10.1 Å². The number of aryl methyl sites for hydroxylation is 4. The van der Waals surface area contributed by atoms with Gasteiger partial charge in [-0.05, 0) is 159 Å². The summed E-state index contributed by atoms with van der Waals surface area (Å²) in [5, 5.41) is 49.2. The van der Waals surface area contributed by atoms with Crippen molar-refractivity contribution < 1.29 is 48.8 Å². The smallest absolute Gasteiger partial charge is 0.296 e. The summed E-state index contributed by atoms with van der Waals surface area (Å²) in [6.07, 6.45) is -0.0543. The van der Waals surface area contributed by atoms with Crippen LogP contribution in [0.5, 0.6) is 11.5 Å². The second-order valence-electron chi connectivity index (χ2n) is 15.7. The van der Waals surface area contributed by atoms with E-state index in [-0.39, 0.29) is 24.5 Å². The van der Waals surface area contributed by atoms with Crippen molar-refractivity contribution in [2.24, 2.45) is 40.9 Å². The van der Waals surface area contributed by atoms with Crippen LogP contribution in [0.25, 0.3) is 10.8 Å². The Hall–Kier alpha value is -7.67. The molecule has 0 saturated carbocycles. The number of ether oxygens (including phenoxy) is 1. The van der Waals surface area contributed by atoms with Gasteiger partial charge < -0.3 is 15.2 Å². The zero-order valence-electron chi connectivity index (χ0n) is 37.6. The summed E-state index contributed by atoms with van der Waals surface area (Å²) in [6.45, 7) is 6.98. The van der Waals surface area contributed by atoms with Crippen LogP contribution in [-0.2, 0) is 30.4 Å². The first-order valence-electron chi connectivity index (χ1n) is 20.9. The van der Waals surface area contributed by atoms with Crippen molar-refractivity contribution in [3.8, 4) is 11.5 Å². The minimum Gasteiger partial charge on any atom is -0.505 e. The van der Waals surface area contributed by atoms with E-state index in [4.69, 9.17) is 9.29 Å². The largest absolute Gasteiger partial charge is 0.505 e. The molecular weight excluding hydrogens is 963 g/mol. The Labute approximate surface area is 402 Å². The van der Waals surface area contributed by atoms with Gasteiger partial charge in [-0.2, -0.15) is 55.9 Å². The fourth-order valence-corrected chi connectivity index (χ4v) is 8.56. The van der Waals surface area contributed by atoms with Crippen LogP contribution in [0.1, 0.15) is 28.7 Å². The molecule has 360 valence electrons. The summed E-state index contributed by atoms with van der Waals surface area (Å²) in [6, 6.07) is 32.8. The van der Waals surface area contributed by atoms with Gasteiger partial charge in [0.2, 0.25) is 0 Å². The number of hydrogen-bond donors (Lipinski definition) is 5. The average Bonchev–Trinajstić information content (AvgIpc) is 3.29. The standard InChI is InChI=1S/C47H43N9O11S3/c1-28-21-36(12-16-39(28)51-49-35-13-17-40(29(2)22-35)52-53-41-18-14-37(27-44(41)69(61,62)63)67-19-8-20-68(58,59)60)50-54-42-23-31(4)43(24-30(42)3)55-56-46-45(70(64,65)66)26-32-25-34(11-15-38(32)47(46)57)48-33-9-6-5-7-10-33/h5-7,9-18,21-27,48,57H,8,19-20H2,1-4H3,(H,58,59,60)(H,61,62,63)(H,64,65,66). The number of phenols is 1. The van der Waals surface area contributed by atoms with E-state index in [0.29, 0.717) is 67.3 Å². The number of hydrogen-bond acceptors (Lipinski definition) is 17. The quantitative estimate of drug-likeness (QED) is 0.0323. The van der Waals surface area contributed by atoms with Crippen molar-refractivity contribution >= 4 is 98.0 Å². The molecule has 0 bridgehead atoms. The van der Waals surface area contributed by atoms with Crippen molar-refractivity contribution in [1.82, 2.24) is 0 Å². The summed E-state index contributed by atoms with van der Waals surface area (Å²) in [7, 11) is -13.8. The average molecular weight is 1010 g/mol. The van der Waals surface area contributed by atoms with E-state index in [2.05, 4.69) is 46.2 Å². The Morgan fingerprint density at radius 3 is 1.60 bits per heavy atom. The number of aromatic hydroxyl groups is 1. The van der Waals surface area contributed by atoms with Crippen molar-refractivity contribution in [3.63, 3.8) is 0 Å². The lowest BCUT2D eigenvalue weighted by Crippen LogP contribution is -2.08. The van der Waals surface area contributed by atoms with Gasteiger partial charge >= 0.3 is 0 Å². The summed E-state index contributed by atoms with van der Waals surface area (Å²) >= 11 is 0. The number of para-hydroxylation sites is 1. The number of phenolic OH excluding ortho intramolecular Hbond substituents is 1. The van der Waals surface area contributed by atoms with Crippen LogP contribution in [0, 0.1) is 27.7 Å². The second-order valence-corrected chi connectivity index (χ2v) is 20.1. The van der Waals surface area contributed by atoms with Crippen LogP contribution in [0.3, 0.4) is 0 Å². The van der Waals surface area contributed by atoms with Gasteiger partial charge in [0.25, 0.3) is 30.4 Å². The summed E-state index contributed by atoms with van der Waals surface area (Å²) in [4.78, 5) is -1.19. The number of benzene rings is 7. The molecule has 0 aliphatic heterocycles. The molecule has 5 N–H and O–H groups in total. The molecule has 70 heavy (non-hydrogen) atoms. The van der Waals surface area contributed by atoms with Crippen molar-refractivity contribution in [2.45, 2.75) is 43.9 Å². The van der Waals surface area contributed by atoms with Gasteiger partial charge in [0.1, 0.15) is 26.9 Å². The van der Waals surface area contributed by atoms with Gasteiger partial charge in [0.05, 0.1) is 46.5 Å². The predicted octanol–water partition coefficient (Wildman–Crippen LogP) is 13.3. The zero-order valence-corrected chi connectivity index (χ0v) is 40.1. The van der Waals surface area contributed by atoms with Gasteiger partial charge in [-0.1, -0.05) is 18.2 Å². The molecule has 0 saturated heterocycles. The van der Waals surface area contributed by atoms with Crippen LogP contribution in [0.4, 0.5) is 56.9 Å². The van der Waals surface area contributed by atoms with Crippen molar-refractivity contribution in [2.75, 3.05) is 17.7 Å². The molecule has 0 fully saturated rings. The highest BCUT2D eigenvalue weighted by Crippen LogP contribution is 2.43. The van der Waals surface area contributed by atoms with Gasteiger partial charge in [-0.3, -0.25) is 13.7 Å². The SMILES string of the molecule is Cc1cc(N=Nc2cc(C)c(N=Nc3c(S(=O)(=O)O)cc4cc(Nc5ccccc5)ccc4c3O)cc2C)ccc1N=Nc1ccc(N=Nc2ccc(OCCCS(=O)(=O)O)cc2S(=O)(=O)O)c(C)c1. The molecule has 0 heterocycles. The monoisotopic (exact) mass is 1010 g/mol. The van der Waals surface area contributed by atoms with Crippen LogP contribution in [0.15, 0.2) is 172 Å². The van der Waals surface area contributed by atoms with Crippen LogP contribution in [-0.4, -0.2) is 56.4 Å². The highest BCUT2D eigenvalue weighted by Gasteiger charge is 2.23. The topological polar surface area (TPSA) is 303 Å². The lowest BCUT2D eigenvalue weighted by Gasteiger charge is -2.12. The Kier molecular flexibility index (Phi) is 15.0. The maximum absolute atomic E-state index is 12.5. The summed E-state index contributed by atoms with van der Waals surface area (Å²) in [5.74, 6) is -0.991. The Morgan fingerprint density at radius 1 is 0.500 bits per heavy atom. The lowest BCUT2D eigenvalue weighted by atomic mass is 10.1. The van der Waals surface area contributed by atoms with Crippen LogP contribution in [0.2, 0.25) is 0 Å². The Bertz CT molecular complexity index is 3630. The molecule has 7 aromatic carbocycles.